The van der Waals surface area contributed by atoms with E-state index >= 15 is 0 Å². The van der Waals surface area contributed by atoms with Gasteiger partial charge in [0.2, 0.25) is 0 Å². The number of hydrogen-bond donors (Lipinski definition) is 1. The normalized spacial score (nSPS) is 10.9. The monoisotopic (exact) mass is 211 g/mol. The number of thioether (sulfide) groups is 1. The van der Waals surface area contributed by atoms with Crippen LogP contribution in [-0.4, -0.2) is 36.3 Å². The number of rotatable bonds is 5. The second-order valence-electron chi connectivity index (χ2n) is 3.36. The zero-order valence-electron chi connectivity index (χ0n) is 8.73. The minimum absolute atomic E-state index is 0.565. The molecule has 78 valence electrons. The Morgan fingerprint density at radius 2 is 2.21 bits per heavy atom. The lowest BCUT2D eigenvalue weighted by Crippen LogP contribution is -2.14. The minimum atomic E-state index is 0.565. The smallest absolute Gasteiger partial charge is 0.0960 e. The van der Waals surface area contributed by atoms with Gasteiger partial charge in [-0.15, -0.1) is 11.8 Å². The summed E-state index contributed by atoms with van der Waals surface area (Å²) in [7, 11) is 4.15. The average molecular weight is 211 g/mol. The molecule has 0 bridgehead atoms. The first-order valence-electron chi connectivity index (χ1n) is 4.65. The van der Waals surface area contributed by atoms with Crippen LogP contribution < -0.4 is 5.73 Å². The SMILES string of the molecule is CN(C)CCSc1ccc(CN)cn1. The van der Waals surface area contributed by atoms with Crippen LogP contribution in [0.15, 0.2) is 23.4 Å². The van der Waals surface area contributed by atoms with Crippen LogP contribution in [0.5, 0.6) is 0 Å². The summed E-state index contributed by atoms with van der Waals surface area (Å²) in [6.45, 7) is 1.64. The van der Waals surface area contributed by atoms with Gasteiger partial charge in [0.05, 0.1) is 5.03 Å². The number of pyridine rings is 1. The van der Waals surface area contributed by atoms with Crippen molar-refractivity contribution in [2.75, 3.05) is 26.4 Å². The molecule has 0 amide bonds. The van der Waals surface area contributed by atoms with Crippen LogP contribution in [-0.2, 0) is 6.54 Å². The molecule has 1 aromatic heterocycles. The van der Waals surface area contributed by atoms with Crippen LogP contribution in [0.2, 0.25) is 0 Å². The lowest BCUT2D eigenvalue weighted by Gasteiger charge is -2.08. The largest absolute Gasteiger partial charge is 0.326 e. The zero-order chi connectivity index (χ0) is 10.4. The van der Waals surface area contributed by atoms with Gasteiger partial charge in [0.25, 0.3) is 0 Å². The van der Waals surface area contributed by atoms with E-state index < -0.39 is 0 Å². The van der Waals surface area contributed by atoms with Crippen molar-refractivity contribution in [3.63, 3.8) is 0 Å². The van der Waals surface area contributed by atoms with Crippen LogP contribution in [0.3, 0.4) is 0 Å². The van der Waals surface area contributed by atoms with Crippen LogP contribution >= 0.6 is 11.8 Å². The highest BCUT2D eigenvalue weighted by molar-refractivity contribution is 7.99. The molecule has 0 aliphatic heterocycles. The maximum Gasteiger partial charge on any atom is 0.0960 e. The minimum Gasteiger partial charge on any atom is -0.326 e. The van der Waals surface area contributed by atoms with E-state index in [1.165, 1.54) is 0 Å². The van der Waals surface area contributed by atoms with Gasteiger partial charge in [0.1, 0.15) is 0 Å². The second kappa shape index (κ2) is 6.01. The van der Waals surface area contributed by atoms with Crippen LogP contribution in [0.25, 0.3) is 0 Å². The van der Waals surface area contributed by atoms with E-state index in [1.54, 1.807) is 11.8 Å². The molecule has 0 unspecified atom stereocenters. The van der Waals surface area contributed by atoms with Crippen molar-refractivity contribution >= 4 is 11.8 Å². The molecule has 4 heteroatoms. The summed E-state index contributed by atoms with van der Waals surface area (Å²) in [4.78, 5) is 6.48. The molecule has 0 radical (unpaired) electrons. The van der Waals surface area contributed by atoms with Crippen molar-refractivity contribution in [3.8, 4) is 0 Å². The maximum atomic E-state index is 5.49. The van der Waals surface area contributed by atoms with Crippen LogP contribution in [0, 0.1) is 0 Å². The molecule has 3 nitrogen and oxygen atoms in total. The number of nitrogens with zero attached hydrogens (tertiary/aromatic N) is 2. The number of hydrogen-bond acceptors (Lipinski definition) is 4. The number of nitrogens with two attached hydrogens (primary N) is 1. The second-order valence-corrected chi connectivity index (χ2v) is 4.48. The van der Waals surface area contributed by atoms with E-state index in [0.29, 0.717) is 6.54 Å². The molecule has 1 heterocycles. The van der Waals surface area contributed by atoms with Crippen molar-refractivity contribution in [2.24, 2.45) is 5.73 Å². The van der Waals surface area contributed by atoms with Crippen molar-refractivity contribution in [1.29, 1.82) is 0 Å². The lowest BCUT2D eigenvalue weighted by molar-refractivity contribution is 0.437. The van der Waals surface area contributed by atoms with E-state index in [2.05, 4.69) is 24.0 Å². The fourth-order valence-electron chi connectivity index (χ4n) is 0.950. The highest BCUT2D eigenvalue weighted by Crippen LogP contribution is 2.14. The van der Waals surface area contributed by atoms with Gasteiger partial charge in [-0.3, -0.25) is 0 Å². The van der Waals surface area contributed by atoms with Crippen molar-refractivity contribution in [3.05, 3.63) is 23.9 Å². The van der Waals surface area contributed by atoms with E-state index in [9.17, 15) is 0 Å². The Morgan fingerprint density at radius 1 is 1.43 bits per heavy atom. The predicted octanol–water partition coefficient (Wildman–Crippen LogP) is 1.19. The molecule has 0 saturated carbocycles. The Labute approximate surface area is 89.7 Å². The zero-order valence-corrected chi connectivity index (χ0v) is 9.55. The third kappa shape index (κ3) is 4.09. The van der Waals surface area contributed by atoms with Gasteiger partial charge in [0.15, 0.2) is 0 Å². The Kier molecular flexibility index (Phi) is 4.93. The summed E-state index contributed by atoms with van der Waals surface area (Å²) in [5, 5.41) is 1.07. The van der Waals surface area contributed by atoms with E-state index in [0.717, 1.165) is 22.9 Å². The average Bonchev–Trinajstić information content (AvgIpc) is 2.18. The first-order chi connectivity index (χ1) is 6.72. The Morgan fingerprint density at radius 3 is 2.71 bits per heavy atom. The van der Waals surface area contributed by atoms with Gasteiger partial charge in [-0.25, -0.2) is 4.98 Å². The van der Waals surface area contributed by atoms with Gasteiger partial charge in [-0.2, -0.15) is 0 Å². The van der Waals surface area contributed by atoms with Gasteiger partial charge in [-0.05, 0) is 25.7 Å². The Hall–Kier alpha value is -0.580. The molecule has 0 aliphatic carbocycles. The van der Waals surface area contributed by atoms with Crippen molar-refractivity contribution < 1.29 is 0 Å². The third-order valence-electron chi connectivity index (χ3n) is 1.82. The molecule has 0 aliphatic rings. The van der Waals surface area contributed by atoms with Crippen LogP contribution in [0.1, 0.15) is 5.56 Å². The molecule has 2 N–H and O–H groups in total. The van der Waals surface area contributed by atoms with Crippen molar-refractivity contribution in [1.82, 2.24) is 9.88 Å². The molecule has 0 spiro atoms. The predicted molar refractivity (Wildman–Crippen MR) is 61.4 cm³/mol. The summed E-state index contributed by atoms with van der Waals surface area (Å²) < 4.78 is 0. The van der Waals surface area contributed by atoms with Gasteiger partial charge in [0, 0.05) is 25.0 Å². The van der Waals surface area contributed by atoms with Crippen molar-refractivity contribution in [2.45, 2.75) is 11.6 Å². The molecular formula is C10H17N3S. The molecule has 1 rings (SSSR count). The quantitative estimate of drug-likeness (QED) is 0.743. The topological polar surface area (TPSA) is 42.1 Å². The number of aromatic nitrogens is 1. The highest BCUT2D eigenvalue weighted by Gasteiger charge is 1.96. The van der Waals surface area contributed by atoms with E-state index in [4.69, 9.17) is 5.73 Å². The summed E-state index contributed by atoms with van der Waals surface area (Å²) in [6, 6.07) is 4.06. The van der Waals surface area contributed by atoms with Gasteiger partial charge >= 0.3 is 0 Å². The maximum absolute atomic E-state index is 5.49. The first-order valence-corrected chi connectivity index (χ1v) is 5.63. The third-order valence-corrected chi connectivity index (χ3v) is 2.75. The Balaban J connectivity index is 2.36. The molecule has 0 atom stereocenters. The van der Waals surface area contributed by atoms with Gasteiger partial charge in [-0.1, -0.05) is 6.07 Å². The summed E-state index contributed by atoms with van der Waals surface area (Å²) in [5.41, 5.74) is 6.57. The van der Waals surface area contributed by atoms with E-state index in [-0.39, 0.29) is 0 Å². The van der Waals surface area contributed by atoms with E-state index in [1.807, 2.05) is 18.3 Å². The summed E-state index contributed by atoms with van der Waals surface area (Å²) in [6.07, 6.45) is 1.85. The standard InChI is InChI=1S/C10H17N3S/c1-13(2)5-6-14-10-4-3-9(7-11)8-12-10/h3-4,8H,5-7,11H2,1-2H3. The molecular weight excluding hydrogens is 194 g/mol. The fourth-order valence-corrected chi connectivity index (χ4v) is 1.91. The first kappa shape index (κ1) is 11.5. The Bertz CT molecular complexity index is 259. The summed E-state index contributed by atoms with van der Waals surface area (Å²) in [5.74, 6) is 1.07. The lowest BCUT2D eigenvalue weighted by atomic mass is 10.3. The molecule has 1 aromatic rings. The molecule has 14 heavy (non-hydrogen) atoms. The molecule has 0 aromatic carbocycles. The fraction of sp³-hybridized carbons (Fsp3) is 0.500. The van der Waals surface area contributed by atoms with Gasteiger partial charge < -0.3 is 10.6 Å². The van der Waals surface area contributed by atoms with Crippen LogP contribution in [0.4, 0.5) is 0 Å². The molecule has 0 saturated heterocycles. The highest BCUT2D eigenvalue weighted by atomic mass is 32.2. The summed E-state index contributed by atoms with van der Waals surface area (Å²) >= 11 is 1.77. The molecule has 0 fully saturated rings.